The molecule has 0 bridgehead atoms. The van der Waals surface area contributed by atoms with E-state index in [4.69, 9.17) is 14.0 Å². The number of fused-ring (bicyclic) bond motifs is 1. The van der Waals surface area contributed by atoms with Crippen LogP contribution in [0.3, 0.4) is 0 Å². The molecule has 160 valence electrons. The fourth-order valence-corrected chi connectivity index (χ4v) is 3.30. The predicted octanol–water partition coefficient (Wildman–Crippen LogP) is 2.94. The summed E-state index contributed by atoms with van der Waals surface area (Å²) in [7, 11) is 1.36. The summed E-state index contributed by atoms with van der Waals surface area (Å²) < 4.78 is 17.3. The lowest BCUT2D eigenvalue weighted by Gasteiger charge is -2.32. The van der Waals surface area contributed by atoms with E-state index in [0.29, 0.717) is 17.4 Å². The van der Waals surface area contributed by atoms with Gasteiger partial charge in [-0.25, -0.2) is 4.79 Å². The van der Waals surface area contributed by atoms with E-state index >= 15 is 0 Å². The normalized spacial score (nSPS) is 18.1. The van der Waals surface area contributed by atoms with E-state index in [1.807, 2.05) is 53.0 Å². The zero-order chi connectivity index (χ0) is 22.1. The second-order valence-electron chi connectivity index (χ2n) is 8.39. The fourth-order valence-electron chi connectivity index (χ4n) is 3.30. The van der Waals surface area contributed by atoms with Crippen molar-refractivity contribution in [1.82, 2.24) is 10.3 Å². The second-order valence-corrected chi connectivity index (χ2v) is 8.39. The zero-order valence-corrected chi connectivity index (χ0v) is 18.4. The lowest BCUT2D eigenvalue weighted by molar-refractivity contribution is 0.00578. The Morgan fingerprint density at radius 3 is 2.50 bits per heavy atom. The average Bonchev–Trinajstić information content (AvgIpc) is 2.89. The van der Waals surface area contributed by atoms with Gasteiger partial charge < -0.3 is 24.3 Å². The van der Waals surface area contributed by atoms with Crippen molar-refractivity contribution < 1.29 is 18.8 Å². The summed E-state index contributed by atoms with van der Waals surface area (Å²) >= 11 is 0. The Labute approximate surface area is 176 Å². The minimum atomic E-state index is -0.630. The van der Waals surface area contributed by atoms with Crippen molar-refractivity contribution in [1.29, 1.82) is 0 Å². The van der Waals surface area contributed by atoms with E-state index < -0.39 is 24.3 Å². The number of pyridine rings is 1. The van der Waals surface area contributed by atoms with Crippen molar-refractivity contribution in [3.8, 4) is 0 Å². The minimum absolute atomic E-state index is 0.00751. The molecule has 2 N–H and O–H groups in total. The summed E-state index contributed by atoms with van der Waals surface area (Å²) in [5.74, 6) is -0.630. The highest BCUT2D eigenvalue weighted by Gasteiger charge is 2.52. The van der Waals surface area contributed by atoms with Crippen LogP contribution in [0.4, 0.5) is 0 Å². The Bertz CT molecular complexity index is 1030. The number of aromatic nitrogens is 1. The number of hydrogen-bond donors (Lipinski definition) is 2. The molecule has 2 aromatic rings. The van der Waals surface area contributed by atoms with Crippen LogP contribution in [0, 0.1) is 0 Å². The molecule has 0 amide bonds. The number of likely N-dealkylation sites (N-methyl/N-ethyl adjacent to an activating group) is 1. The van der Waals surface area contributed by atoms with E-state index in [9.17, 15) is 9.59 Å². The number of H-pyrrole nitrogens is 1. The average molecular weight is 412 g/mol. The molecule has 3 rings (SSSR count). The Hall–Kier alpha value is -2.42. The van der Waals surface area contributed by atoms with Gasteiger partial charge in [-0.2, -0.15) is 0 Å². The van der Waals surface area contributed by atoms with E-state index in [1.165, 1.54) is 6.20 Å². The molecule has 1 saturated heterocycles. The molecule has 0 spiro atoms. The highest BCUT2D eigenvalue weighted by molar-refractivity contribution is 6.55. The van der Waals surface area contributed by atoms with Gasteiger partial charge in [0.1, 0.15) is 5.56 Å². The molecule has 1 aromatic heterocycles. The number of hydrogen-bond acceptors (Lipinski definition) is 6. The number of carbonyl (C=O) groups excluding carboxylic acids is 1. The van der Waals surface area contributed by atoms with E-state index in [-0.39, 0.29) is 17.6 Å². The molecule has 7 nitrogen and oxygen atoms in total. The van der Waals surface area contributed by atoms with Gasteiger partial charge in [-0.1, -0.05) is 12.1 Å². The smallest absolute Gasteiger partial charge is 0.462 e. The van der Waals surface area contributed by atoms with Crippen LogP contribution in [0.5, 0.6) is 0 Å². The lowest BCUT2D eigenvalue weighted by Crippen LogP contribution is -2.41. The standard InChI is InChI=1S/C22H29BN2O5/c1-7-28-20(27)17-13-25-18-9-8-14(11-16(18)19(17)26)10-15(12-24-6)23-29-21(2,3)22(4,5)30-23/h8-11,13,24H,7,12H2,1-6H3,(H,25,26). The number of aromatic amines is 1. The first-order valence-corrected chi connectivity index (χ1v) is 10.1. The molecule has 8 heteroatoms. The van der Waals surface area contributed by atoms with Crippen molar-refractivity contribution in [2.75, 3.05) is 20.2 Å². The van der Waals surface area contributed by atoms with Crippen LogP contribution in [0.25, 0.3) is 17.0 Å². The zero-order valence-electron chi connectivity index (χ0n) is 18.4. The maximum atomic E-state index is 12.8. The number of ether oxygens (including phenoxy) is 1. The SMILES string of the molecule is CCOC(=O)c1c[nH]c2ccc(C=C(CNC)B3OC(C)(C)C(C)(C)O3)cc2c1=O. The first-order chi connectivity index (χ1) is 14.1. The molecular weight excluding hydrogens is 383 g/mol. The Morgan fingerprint density at radius 1 is 1.23 bits per heavy atom. The first-order valence-electron chi connectivity index (χ1n) is 10.1. The van der Waals surface area contributed by atoms with Gasteiger partial charge in [0, 0.05) is 23.6 Å². The van der Waals surface area contributed by atoms with Gasteiger partial charge in [-0.15, -0.1) is 0 Å². The minimum Gasteiger partial charge on any atom is -0.462 e. The van der Waals surface area contributed by atoms with E-state index in [2.05, 4.69) is 10.3 Å². The molecule has 0 unspecified atom stereocenters. The third-order valence-electron chi connectivity index (χ3n) is 5.69. The van der Waals surface area contributed by atoms with Gasteiger partial charge in [0.05, 0.1) is 17.8 Å². The Balaban J connectivity index is 2.01. The molecule has 30 heavy (non-hydrogen) atoms. The highest BCUT2D eigenvalue weighted by Crippen LogP contribution is 2.38. The molecule has 1 aliphatic heterocycles. The quantitative estimate of drug-likeness (QED) is 0.560. The maximum Gasteiger partial charge on any atom is 0.491 e. The third kappa shape index (κ3) is 4.21. The number of nitrogens with one attached hydrogen (secondary N) is 2. The molecule has 0 radical (unpaired) electrons. The number of rotatable bonds is 6. The van der Waals surface area contributed by atoms with Crippen molar-refractivity contribution in [2.24, 2.45) is 0 Å². The summed E-state index contributed by atoms with van der Waals surface area (Å²) in [4.78, 5) is 27.9. The fraction of sp³-hybridized carbons (Fsp3) is 0.455. The van der Waals surface area contributed by atoms with Crippen molar-refractivity contribution >= 4 is 30.1 Å². The van der Waals surface area contributed by atoms with Crippen LogP contribution < -0.4 is 10.7 Å². The van der Waals surface area contributed by atoms with Crippen LogP contribution in [0.15, 0.2) is 34.7 Å². The summed E-state index contributed by atoms with van der Waals surface area (Å²) in [5.41, 5.74) is 1.12. The van der Waals surface area contributed by atoms with Gasteiger partial charge in [-0.05, 0) is 64.8 Å². The molecule has 0 atom stereocenters. The van der Waals surface area contributed by atoms with Crippen LogP contribution in [-0.2, 0) is 14.0 Å². The van der Waals surface area contributed by atoms with Gasteiger partial charge in [-0.3, -0.25) is 4.79 Å². The van der Waals surface area contributed by atoms with E-state index in [1.54, 1.807) is 13.0 Å². The topological polar surface area (TPSA) is 89.7 Å². The number of benzene rings is 1. The Kier molecular flexibility index (Phi) is 6.22. The summed E-state index contributed by atoms with van der Waals surface area (Å²) in [6.07, 6.45) is 3.35. The molecule has 2 heterocycles. The van der Waals surface area contributed by atoms with Crippen LogP contribution in [-0.4, -0.2) is 49.5 Å². The summed E-state index contributed by atoms with van der Waals surface area (Å²) in [6, 6.07) is 5.49. The van der Waals surface area contributed by atoms with Crippen LogP contribution in [0.1, 0.15) is 50.5 Å². The van der Waals surface area contributed by atoms with Crippen molar-refractivity contribution in [2.45, 2.75) is 45.8 Å². The monoisotopic (exact) mass is 412 g/mol. The van der Waals surface area contributed by atoms with Crippen molar-refractivity contribution in [3.05, 3.63) is 51.2 Å². The maximum absolute atomic E-state index is 12.8. The van der Waals surface area contributed by atoms with Crippen LogP contribution in [0.2, 0.25) is 0 Å². The van der Waals surface area contributed by atoms with Gasteiger partial charge in [0.2, 0.25) is 5.43 Å². The Morgan fingerprint density at radius 2 is 1.90 bits per heavy atom. The molecule has 1 aliphatic rings. The second kappa shape index (κ2) is 8.37. The third-order valence-corrected chi connectivity index (χ3v) is 5.69. The summed E-state index contributed by atoms with van der Waals surface area (Å²) in [5, 5.41) is 3.57. The largest absolute Gasteiger partial charge is 0.491 e. The van der Waals surface area contributed by atoms with Gasteiger partial charge >= 0.3 is 13.1 Å². The predicted molar refractivity (Wildman–Crippen MR) is 119 cm³/mol. The van der Waals surface area contributed by atoms with E-state index in [0.717, 1.165) is 11.0 Å². The molecule has 0 aliphatic carbocycles. The van der Waals surface area contributed by atoms with Crippen LogP contribution >= 0.6 is 0 Å². The van der Waals surface area contributed by atoms with Crippen molar-refractivity contribution in [3.63, 3.8) is 0 Å². The lowest BCUT2D eigenvalue weighted by atomic mass is 9.77. The summed E-state index contributed by atoms with van der Waals surface area (Å²) in [6.45, 7) is 10.5. The number of carbonyl (C=O) groups is 1. The molecule has 1 fully saturated rings. The first kappa shape index (κ1) is 22.3. The molecular formula is C22H29BN2O5. The van der Waals surface area contributed by atoms with Gasteiger partial charge in [0.25, 0.3) is 0 Å². The highest BCUT2D eigenvalue weighted by atomic mass is 16.7. The number of esters is 1. The molecule has 0 saturated carbocycles. The van der Waals surface area contributed by atoms with Gasteiger partial charge in [0.15, 0.2) is 0 Å². The molecule has 1 aromatic carbocycles.